The van der Waals surface area contributed by atoms with Gasteiger partial charge >= 0.3 is 0 Å². The largest absolute Gasteiger partial charge is 0.382 e. The number of hydrogen-bond donors (Lipinski definition) is 1. The first-order valence-electron chi connectivity index (χ1n) is 4.23. The fourth-order valence-electron chi connectivity index (χ4n) is 1.07. The van der Waals surface area contributed by atoms with Crippen LogP contribution in [-0.2, 0) is 0 Å². The summed E-state index contributed by atoms with van der Waals surface area (Å²) in [6.45, 7) is 6.06. The van der Waals surface area contributed by atoms with Crippen molar-refractivity contribution in [1.29, 1.82) is 0 Å². The molecule has 13 heavy (non-hydrogen) atoms. The third kappa shape index (κ3) is 2.78. The molecule has 72 valence electrons. The molecule has 0 aromatic heterocycles. The summed E-state index contributed by atoms with van der Waals surface area (Å²) in [5.41, 5.74) is 1.90. The zero-order chi connectivity index (χ0) is 10.0. The number of nitrogens with one attached hydrogen (secondary N) is 1. The van der Waals surface area contributed by atoms with E-state index in [-0.39, 0.29) is 0 Å². The van der Waals surface area contributed by atoms with Gasteiger partial charge in [-0.25, -0.2) is 0 Å². The third-order valence-electron chi connectivity index (χ3n) is 1.69. The lowest BCUT2D eigenvalue weighted by atomic mass is 10.2. The fourth-order valence-corrected chi connectivity index (χ4v) is 1.50. The maximum atomic E-state index is 6.02. The highest BCUT2D eigenvalue weighted by Gasteiger charge is 2.04. The van der Waals surface area contributed by atoms with E-state index in [1.807, 2.05) is 19.1 Å². The van der Waals surface area contributed by atoms with Crippen molar-refractivity contribution in [3.8, 4) is 0 Å². The van der Waals surface area contributed by atoms with Gasteiger partial charge in [-0.1, -0.05) is 23.2 Å². The van der Waals surface area contributed by atoms with Crippen LogP contribution >= 0.6 is 23.2 Å². The normalized spacial score (nSPS) is 10.6. The van der Waals surface area contributed by atoms with Crippen LogP contribution in [0.3, 0.4) is 0 Å². The maximum Gasteiger partial charge on any atom is 0.0641 e. The van der Waals surface area contributed by atoms with Crippen LogP contribution in [0.5, 0.6) is 0 Å². The van der Waals surface area contributed by atoms with E-state index in [1.54, 1.807) is 0 Å². The van der Waals surface area contributed by atoms with E-state index in [9.17, 15) is 0 Å². The molecule has 0 bridgehead atoms. The van der Waals surface area contributed by atoms with Gasteiger partial charge in [0.25, 0.3) is 0 Å². The third-order valence-corrected chi connectivity index (χ3v) is 2.41. The lowest BCUT2D eigenvalue weighted by molar-refractivity contribution is 0.899. The van der Waals surface area contributed by atoms with Gasteiger partial charge in [0.05, 0.1) is 10.7 Å². The second kappa shape index (κ2) is 4.21. The molecular formula is C10H13Cl2N. The van der Waals surface area contributed by atoms with Crippen LogP contribution in [0.4, 0.5) is 5.69 Å². The summed E-state index contributed by atoms with van der Waals surface area (Å²) in [4.78, 5) is 0. The van der Waals surface area contributed by atoms with Crippen molar-refractivity contribution in [1.82, 2.24) is 0 Å². The van der Waals surface area contributed by atoms with Gasteiger partial charge in [-0.3, -0.25) is 0 Å². The number of hydrogen-bond acceptors (Lipinski definition) is 1. The molecule has 0 aliphatic rings. The van der Waals surface area contributed by atoms with Crippen LogP contribution in [0.2, 0.25) is 10.0 Å². The summed E-state index contributed by atoms with van der Waals surface area (Å²) >= 11 is 12.0. The highest BCUT2D eigenvalue weighted by atomic mass is 35.5. The van der Waals surface area contributed by atoms with Gasteiger partial charge in [-0.15, -0.1) is 0 Å². The molecule has 0 spiro atoms. The van der Waals surface area contributed by atoms with Gasteiger partial charge in [0, 0.05) is 11.1 Å². The van der Waals surface area contributed by atoms with Gasteiger partial charge in [0.1, 0.15) is 0 Å². The summed E-state index contributed by atoms with van der Waals surface area (Å²) in [5, 5.41) is 4.69. The molecule has 0 amide bonds. The number of benzene rings is 1. The van der Waals surface area contributed by atoms with Gasteiger partial charge in [0.2, 0.25) is 0 Å². The molecule has 0 unspecified atom stereocenters. The first kappa shape index (κ1) is 10.7. The van der Waals surface area contributed by atoms with Crippen LogP contribution in [0.25, 0.3) is 0 Å². The lowest BCUT2D eigenvalue weighted by Crippen LogP contribution is -2.10. The molecular weight excluding hydrogens is 205 g/mol. The van der Waals surface area contributed by atoms with E-state index >= 15 is 0 Å². The predicted octanol–water partition coefficient (Wildman–Crippen LogP) is 4.12. The minimum absolute atomic E-state index is 0.358. The summed E-state index contributed by atoms with van der Waals surface area (Å²) in [6.07, 6.45) is 0. The van der Waals surface area contributed by atoms with Gasteiger partial charge in [-0.05, 0) is 38.5 Å². The van der Waals surface area contributed by atoms with Crippen molar-refractivity contribution in [2.75, 3.05) is 5.32 Å². The minimum Gasteiger partial charge on any atom is -0.382 e. The van der Waals surface area contributed by atoms with E-state index in [0.717, 1.165) is 21.3 Å². The summed E-state index contributed by atoms with van der Waals surface area (Å²) in [7, 11) is 0. The molecule has 1 rings (SSSR count). The summed E-state index contributed by atoms with van der Waals surface area (Å²) in [5.74, 6) is 0. The molecule has 1 aromatic rings. The van der Waals surface area contributed by atoms with Crippen molar-refractivity contribution in [3.05, 3.63) is 27.7 Å². The Bertz CT molecular complexity index is 308. The molecule has 3 heteroatoms. The van der Waals surface area contributed by atoms with Crippen molar-refractivity contribution < 1.29 is 0 Å². The standard InChI is InChI=1S/C10H13Cl2N/c1-6(2)13-10-5-8(11)7(3)4-9(10)12/h4-6,13H,1-3H3. The molecule has 0 heterocycles. The maximum absolute atomic E-state index is 6.02. The zero-order valence-electron chi connectivity index (χ0n) is 7.99. The topological polar surface area (TPSA) is 12.0 Å². The fraction of sp³-hybridized carbons (Fsp3) is 0.400. The highest BCUT2D eigenvalue weighted by molar-refractivity contribution is 6.35. The predicted molar refractivity (Wildman–Crippen MR) is 60.0 cm³/mol. The van der Waals surface area contributed by atoms with Crippen molar-refractivity contribution in [3.63, 3.8) is 0 Å². The smallest absolute Gasteiger partial charge is 0.0641 e. The average molecular weight is 218 g/mol. The number of anilines is 1. The number of rotatable bonds is 2. The Labute approximate surface area is 89.0 Å². The quantitative estimate of drug-likeness (QED) is 0.787. The van der Waals surface area contributed by atoms with Crippen LogP contribution < -0.4 is 5.32 Å². The average Bonchev–Trinajstić information content (AvgIpc) is 1.99. The molecule has 0 aliphatic heterocycles. The van der Waals surface area contributed by atoms with E-state index in [1.165, 1.54) is 0 Å². The summed E-state index contributed by atoms with van der Waals surface area (Å²) in [6, 6.07) is 4.09. The Morgan fingerprint density at radius 1 is 1.15 bits per heavy atom. The highest BCUT2D eigenvalue weighted by Crippen LogP contribution is 2.29. The first-order valence-corrected chi connectivity index (χ1v) is 4.98. The van der Waals surface area contributed by atoms with Crippen LogP contribution in [0.1, 0.15) is 19.4 Å². The van der Waals surface area contributed by atoms with E-state index in [2.05, 4.69) is 19.2 Å². The van der Waals surface area contributed by atoms with Crippen molar-refractivity contribution in [2.45, 2.75) is 26.8 Å². The molecule has 0 saturated heterocycles. The Morgan fingerprint density at radius 3 is 2.31 bits per heavy atom. The first-order chi connectivity index (χ1) is 6.00. The minimum atomic E-state index is 0.358. The molecule has 0 fully saturated rings. The van der Waals surface area contributed by atoms with Crippen molar-refractivity contribution in [2.24, 2.45) is 0 Å². The van der Waals surface area contributed by atoms with Gasteiger partial charge < -0.3 is 5.32 Å². The molecule has 1 N–H and O–H groups in total. The van der Waals surface area contributed by atoms with Gasteiger partial charge in [0.15, 0.2) is 0 Å². The van der Waals surface area contributed by atoms with E-state index in [4.69, 9.17) is 23.2 Å². The molecule has 1 aromatic carbocycles. The molecule has 1 nitrogen and oxygen atoms in total. The van der Waals surface area contributed by atoms with Gasteiger partial charge in [-0.2, -0.15) is 0 Å². The lowest BCUT2D eigenvalue weighted by Gasteiger charge is -2.12. The Balaban J connectivity index is 3.01. The SMILES string of the molecule is Cc1cc(Cl)c(NC(C)C)cc1Cl. The number of halogens is 2. The monoisotopic (exact) mass is 217 g/mol. The molecule has 0 saturated carbocycles. The Kier molecular flexibility index (Phi) is 3.46. The molecule has 0 aliphatic carbocycles. The van der Waals surface area contributed by atoms with Crippen LogP contribution in [-0.4, -0.2) is 6.04 Å². The van der Waals surface area contributed by atoms with E-state index < -0.39 is 0 Å². The Hall–Kier alpha value is -0.400. The van der Waals surface area contributed by atoms with Crippen molar-refractivity contribution >= 4 is 28.9 Å². The Morgan fingerprint density at radius 2 is 1.77 bits per heavy atom. The number of aryl methyl sites for hydroxylation is 1. The summed E-state index contributed by atoms with van der Waals surface area (Å²) < 4.78 is 0. The zero-order valence-corrected chi connectivity index (χ0v) is 9.50. The van der Waals surface area contributed by atoms with E-state index in [0.29, 0.717) is 6.04 Å². The molecule has 0 radical (unpaired) electrons. The van der Waals surface area contributed by atoms with Crippen LogP contribution in [0.15, 0.2) is 12.1 Å². The second-order valence-electron chi connectivity index (χ2n) is 3.38. The second-order valence-corrected chi connectivity index (χ2v) is 4.19. The van der Waals surface area contributed by atoms with Crippen LogP contribution in [0, 0.1) is 6.92 Å². The molecule has 0 atom stereocenters.